The van der Waals surface area contributed by atoms with Gasteiger partial charge in [0.25, 0.3) is 0 Å². The van der Waals surface area contributed by atoms with Crippen LogP contribution in [0, 0.1) is 24.0 Å². The molecule has 0 unspecified atom stereocenters. The molecule has 2 nitrogen and oxygen atoms in total. The van der Waals surface area contributed by atoms with E-state index in [0.29, 0.717) is 0 Å². The van der Waals surface area contributed by atoms with Crippen molar-refractivity contribution in [2.45, 2.75) is 26.4 Å². The fourth-order valence-corrected chi connectivity index (χ4v) is 1.15. The molecule has 0 fully saturated rings. The summed E-state index contributed by atoms with van der Waals surface area (Å²) in [5, 5.41) is 0. The second kappa shape index (κ2) is 4.54. The lowest BCUT2D eigenvalue weighted by molar-refractivity contribution is 0.00636. The molecule has 0 spiro atoms. The predicted molar refractivity (Wildman–Crippen MR) is 59.5 cm³/mol. The van der Waals surface area contributed by atoms with Gasteiger partial charge in [0, 0.05) is 5.56 Å². The van der Waals surface area contributed by atoms with Crippen molar-refractivity contribution < 1.29 is 18.3 Å². The Morgan fingerprint density at radius 2 is 1.94 bits per heavy atom. The number of carbonyl (C=O) groups excluding carboxylic acids is 1. The molecule has 90 valence electrons. The second-order valence-corrected chi connectivity index (χ2v) is 4.47. The number of hydrogen-bond acceptors (Lipinski definition) is 2. The van der Waals surface area contributed by atoms with Crippen LogP contribution in [0.5, 0.6) is 0 Å². The lowest BCUT2D eigenvalue weighted by atomic mass is 10.1. The van der Waals surface area contributed by atoms with Gasteiger partial charge in [0.1, 0.15) is 5.60 Å². The van der Waals surface area contributed by atoms with E-state index in [1.54, 1.807) is 20.8 Å². The highest BCUT2D eigenvalue weighted by Crippen LogP contribution is 2.18. The first-order chi connectivity index (χ1) is 7.74. The van der Waals surface area contributed by atoms with Crippen LogP contribution in [0.15, 0.2) is 12.1 Å². The second-order valence-electron chi connectivity index (χ2n) is 4.47. The molecule has 17 heavy (non-hydrogen) atoms. The van der Waals surface area contributed by atoms with Crippen molar-refractivity contribution in [1.82, 2.24) is 0 Å². The number of rotatable bonds is 1. The SMILES string of the molecule is C#Cc1cc(F)c(F)c(C(=O)OC(C)(C)C)c1. The third-order valence-corrected chi connectivity index (χ3v) is 1.81. The van der Waals surface area contributed by atoms with E-state index in [0.717, 1.165) is 12.1 Å². The van der Waals surface area contributed by atoms with E-state index >= 15 is 0 Å². The van der Waals surface area contributed by atoms with Crippen molar-refractivity contribution in [3.8, 4) is 12.3 Å². The fourth-order valence-electron chi connectivity index (χ4n) is 1.15. The summed E-state index contributed by atoms with van der Waals surface area (Å²) in [4.78, 5) is 11.6. The maximum absolute atomic E-state index is 13.4. The molecule has 0 saturated heterocycles. The fraction of sp³-hybridized carbons (Fsp3) is 0.308. The number of halogens is 2. The Balaban J connectivity index is 3.18. The summed E-state index contributed by atoms with van der Waals surface area (Å²) in [6.45, 7) is 4.89. The Hall–Kier alpha value is -1.89. The summed E-state index contributed by atoms with van der Waals surface area (Å²) in [7, 11) is 0. The average molecular weight is 238 g/mol. The zero-order chi connectivity index (χ0) is 13.2. The monoisotopic (exact) mass is 238 g/mol. The minimum absolute atomic E-state index is 0.0877. The van der Waals surface area contributed by atoms with Gasteiger partial charge < -0.3 is 4.74 Å². The van der Waals surface area contributed by atoms with E-state index in [2.05, 4.69) is 5.92 Å². The standard InChI is InChI=1S/C13H12F2O2/c1-5-8-6-9(11(15)10(14)7-8)12(16)17-13(2,3)4/h1,6-7H,2-4H3. The van der Waals surface area contributed by atoms with Gasteiger partial charge in [-0.05, 0) is 32.9 Å². The summed E-state index contributed by atoms with van der Waals surface area (Å²) in [6.07, 6.45) is 5.07. The van der Waals surface area contributed by atoms with Gasteiger partial charge in [0.2, 0.25) is 0 Å². The van der Waals surface area contributed by atoms with Crippen LogP contribution < -0.4 is 0 Å². The quantitative estimate of drug-likeness (QED) is 0.555. The largest absolute Gasteiger partial charge is 0.456 e. The lowest BCUT2D eigenvalue weighted by Gasteiger charge is -2.19. The van der Waals surface area contributed by atoms with Crippen LogP contribution in [0.25, 0.3) is 0 Å². The van der Waals surface area contributed by atoms with E-state index < -0.39 is 28.8 Å². The van der Waals surface area contributed by atoms with Gasteiger partial charge >= 0.3 is 5.97 Å². The summed E-state index contributed by atoms with van der Waals surface area (Å²) < 4.78 is 31.5. The van der Waals surface area contributed by atoms with Crippen LogP contribution in [0.4, 0.5) is 8.78 Å². The number of carbonyl (C=O) groups is 1. The number of terminal acetylenes is 1. The van der Waals surface area contributed by atoms with Gasteiger partial charge in [-0.2, -0.15) is 0 Å². The first-order valence-corrected chi connectivity index (χ1v) is 4.93. The van der Waals surface area contributed by atoms with Crippen LogP contribution in [0.1, 0.15) is 36.7 Å². The van der Waals surface area contributed by atoms with E-state index in [-0.39, 0.29) is 5.56 Å². The topological polar surface area (TPSA) is 26.3 Å². The van der Waals surface area contributed by atoms with E-state index in [4.69, 9.17) is 11.2 Å². The van der Waals surface area contributed by atoms with Crippen LogP contribution in [-0.2, 0) is 4.74 Å². The van der Waals surface area contributed by atoms with Gasteiger partial charge in [-0.1, -0.05) is 5.92 Å². The molecule has 0 aliphatic heterocycles. The van der Waals surface area contributed by atoms with Gasteiger partial charge in [0.05, 0.1) is 5.56 Å². The molecule has 0 heterocycles. The summed E-state index contributed by atoms with van der Waals surface area (Å²) in [6, 6.07) is 1.94. The third-order valence-electron chi connectivity index (χ3n) is 1.81. The van der Waals surface area contributed by atoms with Crippen LogP contribution in [-0.4, -0.2) is 11.6 Å². The van der Waals surface area contributed by atoms with Crippen molar-refractivity contribution in [2.75, 3.05) is 0 Å². The van der Waals surface area contributed by atoms with E-state index in [1.165, 1.54) is 0 Å². The molecule has 1 rings (SSSR count). The number of benzene rings is 1. The summed E-state index contributed by atoms with van der Waals surface area (Å²) >= 11 is 0. The minimum Gasteiger partial charge on any atom is -0.456 e. The summed E-state index contributed by atoms with van der Waals surface area (Å²) in [5.41, 5.74) is -1.19. The van der Waals surface area contributed by atoms with E-state index in [1.807, 2.05) is 0 Å². The van der Waals surface area contributed by atoms with Crippen LogP contribution in [0.2, 0.25) is 0 Å². The van der Waals surface area contributed by atoms with E-state index in [9.17, 15) is 13.6 Å². The number of ether oxygens (including phenoxy) is 1. The van der Waals surface area contributed by atoms with Gasteiger partial charge in [-0.15, -0.1) is 6.42 Å². The first-order valence-electron chi connectivity index (χ1n) is 4.93. The zero-order valence-corrected chi connectivity index (χ0v) is 9.80. The molecule has 0 saturated carbocycles. The first kappa shape index (κ1) is 13.2. The molecule has 0 N–H and O–H groups in total. The van der Waals surface area contributed by atoms with Gasteiger partial charge in [-0.25, -0.2) is 13.6 Å². The molecule has 0 aliphatic rings. The number of hydrogen-bond donors (Lipinski definition) is 0. The lowest BCUT2D eigenvalue weighted by Crippen LogP contribution is -2.24. The molecule has 0 radical (unpaired) electrons. The van der Waals surface area contributed by atoms with Crippen molar-refractivity contribution >= 4 is 5.97 Å². The Labute approximate surface area is 98.6 Å². The molecule has 0 atom stereocenters. The highest BCUT2D eigenvalue weighted by Gasteiger charge is 2.23. The van der Waals surface area contributed by atoms with Crippen molar-refractivity contribution in [2.24, 2.45) is 0 Å². The van der Waals surface area contributed by atoms with Gasteiger partial charge in [-0.3, -0.25) is 0 Å². The molecule has 1 aromatic rings. The van der Waals surface area contributed by atoms with Crippen molar-refractivity contribution in [1.29, 1.82) is 0 Å². The molecular formula is C13H12F2O2. The molecular weight excluding hydrogens is 226 g/mol. The maximum Gasteiger partial charge on any atom is 0.341 e. The molecule has 0 aliphatic carbocycles. The summed E-state index contributed by atoms with van der Waals surface area (Å²) in [5.74, 6) is -1.22. The highest BCUT2D eigenvalue weighted by atomic mass is 19.2. The van der Waals surface area contributed by atoms with Crippen LogP contribution in [0.3, 0.4) is 0 Å². The molecule has 4 heteroatoms. The van der Waals surface area contributed by atoms with Crippen molar-refractivity contribution in [3.05, 3.63) is 34.9 Å². The Kier molecular flexibility index (Phi) is 3.52. The highest BCUT2D eigenvalue weighted by molar-refractivity contribution is 5.90. The Bertz CT molecular complexity index is 493. The zero-order valence-electron chi connectivity index (χ0n) is 9.80. The molecule has 1 aromatic carbocycles. The predicted octanol–water partition coefficient (Wildman–Crippen LogP) is 2.90. The Morgan fingerprint density at radius 1 is 1.35 bits per heavy atom. The normalized spacial score (nSPS) is 10.8. The van der Waals surface area contributed by atoms with Crippen LogP contribution >= 0.6 is 0 Å². The van der Waals surface area contributed by atoms with Crippen molar-refractivity contribution in [3.63, 3.8) is 0 Å². The third kappa shape index (κ3) is 3.28. The maximum atomic E-state index is 13.4. The Morgan fingerprint density at radius 3 is 2.41 bits per heavy atom. The molecule has 0 amide bonds. The number of esters is 1. The minimum atomic E-state index is -1.25. The molecule has 0 aromatic heterocycles. The average Bonchev–Trinajstić information content (AvgIpc) is 2.19. The smallest absolute Gasteiger partial charge is 0.341 e. The van der Waals surface area contributed by atoms with Gasteiger partial charge in [0.15, 0.2) is 11.6 Å². The molecule has 0 bridgehead atoms.